The molecule has 0 aliphatic carbocycles. The van der Waals surface area contributed by atoms with Gasteiger partial charge in [-0.3, -0.25) is 9.59 Å². The minimum atomic E-state index is -0.428. The van der Waals surface area contributed by atoms with Crippen LogP contribution in [0.15, 0.2) is 65.5 Å². The van der Waals surface area contributed by atoms with Crippen LogP contribution in [0.4, 0.5) is 0 Å². The van der Waals surface area contributed by atoms with Crippen molar-refractivity contribution in [1.82, 2.24) is 15.3 Å². The number of carbonyl (C=O) groups is 1. The largest absolute Gasteiger partial charge is 0.344 e. The monoisotopic (exact) mass is 365 g/mol. The van der Waals surface area contributed by atoms with Crippen LogP contribution in [-0.4, -0.2) is 23.0 Å². The molecule has 0 radical (unpaired) electrons. The zero-order valence-corrected chi connectivity index (χ0v) is 14.9. The fraction of sp³-hybridized carbons (Fsp3) is 0.150. The van der Waals surface area contributed by atoms with Crippen LogP contribution in [-0.2, 0) is 4.89 Å². The van der Waals surface area contributed by atoms with E-state index in [9.17, 15) is 9.59 Å². The Balaban J connectivity index is 1.77. The van der Waals surface area contributed by atoms with Crippen LogP contribution < -0.4 is 15.8 Å². The molecular weight excluding hydrogens is 346 g/mol. The third kappa shape index (κ3) is 4.59. The summed E-state index contributed by atoms with van der Waals surface area (Å²) in [6.07, 6.45) is 0. The number of rotatable bonds is 6. The Morgan fingerprint density at radius 2 is 1.81 bits per heavy atom. The van der Waals surface area contributed by atoms with Crippen molar-refractivity contribution in [2.75, 3.05) is 7.11 Å². The van der Waals surface area contributed by atoms with Gasteiger partial charge in [-0.25, -0.2) is 4.98 Å². The summed E-state index contributed by atoms with van der Waals surface area (Å²) in [5.41, 5.74) is 1.28. The molecule has 1 atom stereocenters. The Morgan fingerprint density at radius 1 is 1.11 bits per heavy atom. The van der Waals surface area contributed by atoms with Crippen LogP contribution in [0, 0.1) is 0 Å². The number of hydrogen-bond donors (Lipinski definition) is 2. The highest BCUT2D eigenvalue weighted by Gasteiger charge is 2.15. The van der Waals surface area contributed by atoms with Crippen molar-refractivity contribution in [3.63, 3.8) is 0 Å². The predicted octanol–water partition coefficient (Wildman–Crippen LogP) is 2.87. The van der Waals surface area contributed by atoms with Gasteiger partial charge in [0.1, 0.15) is 11.5 Å². The lowest BCUT2D eigenvalue weighted by atomic mass is 10.1. The van der Waals surface area contributed by atoms with Crippen molar-refractivity contribution in [2.24, 2.45) is 0 Å². The zero-order valence-electron chi connectivity index (χ0n) is 14.9. The lowest BCUT2D eigenvalue weighted by molar-refractivity contribution is -0.178. The van der Waals surface area contributed by atoms with Gasteiger partial charge < -0.3 is 15.2 Å². The third-order valence-electron chi connectivity index (χ3n) is 3.93. The number of carbonyl (C=O) groups excluding carboxylic acids is 1. The maximum atomic E-state index is 12.6. The lowest BCUT2D eigenvalue weighted by Gasteiger charge is -2.14. The summed E-state index contributed by atoms with van der Waals surface area (Å²) in [5, 5.41) is 2.84. The van der Waals surface area contributed by atoms with Gasteiger partial charge in [-0.15, -0.1) is 0 Å². The topological polar surface area (TPSA) is 93.3 Å². The lowest BCUT2D eigenvalue weighted by Crippen LogP contribution is -2.29. The maximum absolute atomic E-state index is 12.6. The van der Waals surface area contributed by atoms with Crippen molar-refractivity contribution >= 4 is 5.91 Å². The molecule has 1 aromatic heterocycles. The van der Waals surface area contributed by atoms with Crippen molar-refractivity contribution in [3.05, 3.63) is 82.3 Å². The first kappa shape index (κ1) is 18.3. The van der Waals surface area contributed by atoms with Gasteiger partial charge >= 0.3 is 0 Å². The van der Waals surface area contributed by atoms with Crippen molar-refractivity contribution in [3.8, 4) is 17.1 Å². The smallest absolute Gasteiger partial charge is 0.270 e. The van der Waals surface area contributed by atoms with Gasteiger partial charge in [0.25, 0.3) is 11.5 Å². The summed E-state index contributed by atoms with van der Waals surface area (Å²) in [6.45, 7) is 1.84. The molecule has 0 bridgehead atoms. The summed E-state index contributed by atoms with van der Waals surface area (Å²) in [7, 11) is 1.43. The third-order valence-corrected chi connectivity index (χ3v) is 3.93. The Morgan fingerprint density at radius 3 is 2.48 bits per heavy atom. The van der Waals surface area contributed by atoms with Gasteiger partial charge in [0.2, 0.25) is 0 Å². The normalized spacial score (nSPS) is 11.6. The molecular formula is C20H19N3O4. The van der Waals surface area contributed by atoms with E-state index in [4.69, 9.17) is 4.89 Å². The Bertz CT molecular complexity index is 969. The number of aromatic nitrogens is 2. The van der Waals surface area contributed by atoms with Crippen molar-refractivity contribution in [1.29, 1.82) is 0 Å². The SMILES string of the molecule is COOc1ccc([C@@H](C)NC(=O)c2cc(=O)[nH]c(-c3ccccc3)n2)cc1. The quantitative estimate of drug-likeness (QED) is 0.517. The number of benzene rings is 2. The number of nitrogens with one attached hydrogen (secondary N) is 2. The number of hydrogen-bond acceptors (Lipinski definition) is 5. The average Bonchev–Trinajstić information content (AvgIpc) is 2.69. The fourth-order valence-corrected chi connectivity index (χ4v) is 2.57. The number of H-pyrrole nitrogens is 1. The van der Waals surface area contributed by atoms with E-state index in [0.29, 0.717) is 11.6 Å². The molecule has 0 saturated carbocycles. The number of aromatic amines is 1. The molecule has 0 aliphatic heterocycles. The summed E-state index contributed by atoms with van der Waals surface area (Å²) in [4.78, 5) is 41.0. The second-order valence-corrected chi connectivity index (χ2v) is 5.86. The van der Waals surface area contributed by atoms with E-state index in [-0.39, 0.29) is 17.3 Å². The molecule has 0 unspecified atom stereocenters. The van der Waals surface area contributed by atoms with E-state index in [0.717, 1.165) is 11.1 Å². The Hall–Kier alpha value is -3.45. The van der Waals surface area contributed by atoms with E-state index in [2.05, 4.69) is 20.2 Å². The van der Waals surface area contributed by atoms with Crippen LogP contribution >= 0.6 is 0 Å². The van der Waals surface area contributed by atoms with Gasteiger partial charge in [0.15, 0.2) is 5.75 Å². The maximum Gasteiger partial charge on any atom is 0.270 e. The zero-order chi connectivity index (χ0) is 19.2. The molecule has 0 spiro atoms. The molecule has 27 heavy (non-hydrogen) atoms. The molecule has 7 heteroatoms. The van der Waals surface area contributed by atoms with Crippen LogP contribution in [0.1, 0.15) is 29.0 Å². The molecule has 3 rings (SSSR count). The van der Waals surface area contributed by atoms with Crippen molar-refractivity contribution < 1.29 is 14.6 Å². The molecule has 138 valence electrons. The summed E-state index contributed by atoms with van der Waals surface area (Å²) < 4.78 is 0. The molecule has 7 nitrogen and oxygen atoms in total. The number of amides is 1. The molecule has 1 amide bonds. The molecule has 1 heterocycles. The molecule has 2 aromatic carbocycles. The fourth-order valence-electron chi connectivity index (χ4n) is 2.57. The number of nitrogens with zero attached hydrogens (tertiary/aromatic N) is 1. The highest BCUT2D eigenvalue weighted by molar-refractivity contribution is 5.92. The first-order chi connectivity index (χ1) is 13.1. The van der Waals surface area contributed by atoms with Crippen LogP contribution in [0.3, 0.4) is 0 Å². The van der Waals surface area contributed by atoms with E-state index >= 15 is 0 Å². The predicted molar refractivity (Wildman–Crippen MR) is 100 cm³/mol. The first-order valence-corrected chi connectivity index (χ1v) is 8.35. The molecule has 0 saturated heterocycles. The van der Waals surface area contributed by atoms with Crippen LogP contribution in [0.5, 0.6) is 5.75 Å². The summed E-state index contributed by atoms with van der Waals surface area (Å²) >= 11 is 0. The van der Waals surface area contributed by atoms with E-state index in [1.54, 1.807) is 12.1 Å². The highest BCUT2D eigenvalue weighted by Crippen LogP contribution is 2.18. The minimum absolute atomic E-state index is 0.0591. The van der Waals surface area contributed by atoms with E-state index in [1.165, 1.54) is 13.2 Å². The van der Waals surface area contributed by atoms with Gasteiger partial charge in [0.05, 0.1) is 13.2 Å². The van der Waals surface area contributed by atoms with E-state index < -0.39 is 5.91 Å². The van der Waals surface area contributed by atoms with Crippen LogP contribution in [0.2, 0.25) is 0 Å². The molecule has 3 aromatic rings. The van der Waals surface area contributed by atoms with Gasteiger partial charge in [-0.05, 0) is 24.6 Å². The van der Waals surface area contributed by atoms with Crippen LogP contribution in [0.25, 0.3) is 11.4 Å². The van der Waals surface area contributed by atoms with Gasteiger partial charge in [0, 0.05) is 11.6 Å². The van der Waals surface area contributed by atoms with Gasteiger partial charge in [-0.1, -0.05) is 42.5 Å². The minimum Gasteiger partial charge on any atom is -0.344 e. The van der Waals surface area contributed by atoms with Gasteiger partial charge in [-0.2, -0.15) is 4.89 Å². The standard InChI is InChI=1S/C20H19N3O4/c1-13(14-8-10-16(11-9-14)27-26-2)21-20(25)17-12-18(24)23-19(22-17)15-6-4-3-5-7-15/h3-13H,1-2H3,(H,21,25)(H,22,23,24)/t13-/m1/s1. The van der Waals surface area contributed by atoms with Crippen molar-refractivity contribution in [2.45, 2.75) is 13.0 Å². The molecule has 0 aliphatic rings. The van der Waals surface area contributed by atoms with E-state index in [1.807, 2.05) is 49.4 Å². The molecule has 0 fully saturated rings. The summed E-state index contributed by atoms with van der Waals surface area (Å²) in [6, 6.07) is 17.2. The average molecular weight is 365 g/mol. The Kier molecular flexibility index (Phi) is 5.63. The highest BCUT2D eigenvalue weighted by atomic mass is 17.2. The second-order valence-electron chi connectivity index (χ2n) is 5.86. The molecule has 2 N–H and O–H groups in total. The first-order valence-electron chi connectivity index (χ1n) is 8.35. The second kappa shape index (κ2) is 8.29. The Labute approximate surface area is 155 Å². The summed E-state index contributed by atoms with van der Waals surface area (Å²) in [5.74, 6) is 0.480.